The van der Waals surface area contributed by atoms with Gasteiger partial charge in [0.15, 0.2) is 6.10 Å². The number of nitrogens with one attached hydrogen (secondary N) is 1. The third kappa shape index (κ3) is 6.07. The molecule has 0 fully saturated rings. The van der Waals surface area contributed by atoms with Crippen LogP contribution in [0.2, 0.25) is 5.02 Å². The van der Waals surface area contributed by atoms with Crippen molar-refractivity contribution in [3.8, 4) is 5.75 Å². The van der Waals surface area contributed by atoms with E-state index in [1.54, 1.807) is 43.3 Å². The van der Waals surface area contributed by atoms with E-state index in [1.807, 2.05) is 30.3 Å². The van der Waals surface area contributed by atoms with Gasteiger partial charge in [-0.25, -0.2) is 8.42 Å². The van der Waals surface area contributed by atoms with Crippen molar-refractivity contribution in [3.63, 3.8) is 0 Å². The highest BCUT2D eigenvalue weighted by atomic mass is 35.5. The van der Waals surface area contributed by atoms with Gasteiger partial charge >= 0.3 is 0 Å². The molecule has 0 saturated heterocycles. The van der Waals surface area contributed by atoms with Gasteiger partial charge in [0.25, 0.3) is 5.91 Å². The van der Waals surface area contributed by atoms with Crippen molar-refractivity contribution in [3.05, 3.63) is 89.4 Å². The van der Waals surface area contributed by atoms with Gasteiger partial charge in [0.05, 0.1) is 4.90 Å². The largest absolute Gasteiger partial charge is 0.481 e. The van der Waals surface area contributed by atoms with Crippen LogP contribution < -0.4 is 10.1 Å². The van der Waals surface area contributed by atoms with E-state index in [0.717, 1.165) is 5.56 Å². The molecule has 31 heavy (non-hydrogen) atoms. The van der Waals surface area contributed by atoms with Crippen LogP contribution in [0.4, 0.5) is 5.69 Å². The Morgan fingerprint density at radius 1 is 1.00 bits per heavy atom. The molecule has 162 valence electrons. The molecule has 0 aliphatic carbocycles. The van der Waals surface area contributed by atoms with Crippen molar-refractivity contribution < 1.29 is 17.9 Å². The van der Waals surface area contributed by atoms with Crippen LogP contribution in [0.5, 0.6) is 5.75 Å². The molecular weight excluding hydrogens is 436 g/mol. The van der Waals surface area contributed by atoms with E-state index in [1.165, 1.54) is 23.5 Å². The summed E-state index contributed by atoms with van der Waals surface area (Å²) in [7, 11) is -2.12. The summed E-state index contributed by atoms with van der Waals surface area (Å²) in [5.41, 5.74) is 1.37. The third-order valence-electron chi connectivity index (χ3n) is 4.57. The SMILES string of the molecule is CC(Oc1ccc(Cl)cc1)C(=O)Nc1ccc(S(=O)(=O)N(C)Cc2ccccc2)cc1. The molecule has 0 spiro atoms. The highest BCUT2D eigenvalue weighted by Gasteiger charge is 2.21. The van der Waals surface area contributed by atoms with Crippen molar-refractivity contribution in [2.75, 3.05) is 12.4 Å². The summed E-state index contributed by atoms with van der Waals surface area (Å²) in [6.45, 7) is 1.89. The fourth-order valence-electron chi connectivity index (χ4n) is 2.83. The zero-order valence-electron chi connectivity index (χ0n) is 17.2. The molecule has 1 unspecified atom stereocenters. The molecule has 3 aromatic carbocycles. The molecule has 0 bridgehead atoms. The summed E-state index contributed by atoms with van der Waals surface area (Å²) < 4.78 is 32.5. The first kappa shape index (κ1) is 22.8. The van der Waals surface area contributed by atoms with E-state index in [0.29, 0.717) is 16.5 Å². The number of carbonyl (C=O) groups is 1. The van der Waals surface area contributed by atoms with Gasteiger partial charge in [0.1, 0.15) is 5.75 Å². The quantitative estimate of drug-likeness (QED) is 0.536. The van der Waals surface area contributed by atoms with Crippen LogP contribution in [-0.2, 0) is 21.4 Å². The Morgan fingerprint density at radius 2 is 1.61 bits per heavy atom. The lowest BCUT2D eigenvalue weighted by molar-refractivity contribution is -0.122. The van der Waals surface area contributed by atoms with Crippen LogP contribution in [0, 0.1) is 0 Å². The Labute approximate surface area is 187 Å². The zero-order valence-corrected chi connectivity index (χ0v) is 18.7. The lowest BCUT2D eigenvalue weighted by Gasteiger charge is -2.18. The van der Waals surface area contributed by atoms with E-state index in [9.17, 15) is 13.2 Å². The van der Waals surface area contributed by atoms with E-state index in [2.05, 4.69) is 5.32 Å². The number of ether oxygens (including phenoxy) is 1. The van der Waals surface area contributed by atoms with Gasteiger partial charge in [-0.3, -0.25) is 4.79 Å². The topological polar surface area (TPSA) is 75.7 Å². The van der Waals surface area contributed by atoms with Crippen LogP contribution in [0.15, 0.2) is 83.8 Å². The lowest BCUT2D eigenvalue weighted by Crippen LogP contribution is -2.30. The number of nitrogens with zero attached hydrogens (tertiary/aromatic N) is 1. The van der Waals surface area contributed by atoms with E-state index >= 15 is 0 Å². The number of benzene rings is 3. The van der Waals surface area contributed by atoms with Gasteiger partial charge in [-0.15, -0.1) is 0 Å². The van der Waals surface area contributed by atoms with Crippen molar-refractivity contribution in [2.45, 2.75) is 24.5 Å². The monoisotopic (exact) mass is 458 g/mol. The summed E-state index contributed by atoms with van der Waals surface area (Å²) >= 11 is 5.84. The lowest BCUT2D eigenvalue weighted by atomic mass is 10.2. The number of anilines is 1. The molecule has 3 aromatic rings. The highest BCUT2D eigenvalue weighted by molar-refractivity contribution is 7.89. The van der Waals surface area contributed by atoms with Crippen molar-refractivity contribution >= 4 is 33.2 Å². The molecule has 3 rings (SSSR count). The number of rotatable bonds is 8. The van der Waals surface area contributed by atoms with Gasteiger partial charge in [-0.05, 0) is 61.0 Å². The molecular formula is C23H23ClN2O4S. The molecule has 6 nitrogen and oxygen atoms in total. The van der Waals surface area contributed by atoms with Gasteiger partial charge in [0, 0.05) is 24.3 Å². The number of hydrogen-bond acceptors (Lipinski definition) is 4. The highest BCUT2D eigenvalue weighted by Crippen LogP contribution is 2.20. The average molecular weight is 459 g/mol. The Kier molecular flexibility index (Phi) is 7.33. The van der Waals surface area contributed by atoms with Crippen molar-refractivity contribution in [1.29, 1.82) is 0 Å². The molecule has 0 radical (unpaired) electrons. The standard InChI is InChI=1S/C23H23ClN2O4S/c1-17(30-21-12-8-19(24)9-13-21)23(27)25-20-10-14-22(15-11-20)31(28,29)26(2)16-18-6-4-3-5-7-18/h3-15,17H,16H2,1-2H3,(H,25,27). The van der Waals surface area contributed by atoms with E-state index < -0.39 is 16.1 Å². The second kappa shape index (κ2) is 9.96. The summed E-state index contributed by atoms with van der Waals surface area (Å²) in [6, 6.07) is 22.1. The third-order valence-corrected chi connectivity index (χ3v) is 6.64. The molecule has 1 N–H and O–H groups in total. The van der Waals surface area contributed by atoms with Gasteiger partial charge in [-0.2, -0.15) is 4.31 Å². The predicted octanol–water partition coefficient (Wildman–Crippen LogP) is 4.57. The number of hydrogen-bond donors (Lipinski definition) is 1. The first-order valence-electron chi connectivity index (χ1n) is 9.59. The second-order valence-electron chi connectivity index (χ2n) is 6.97. The van der Waals surface area contributed by atoms with Crippen molar-refractivity contribution in [2.24, 2.45) is 0 Å². The van der Waals surface area contributed by atoms with Crippen LogP contribution >= 0.6 is 11.6 Å². The molecule has 0 aliphatic rings. The first-order valence-corrected chi connectivity index (χ1v) is 11.4. The Bertz CT molecular complexity index is 1120. The molecule has 1 atom stereocenters. The number of sulfonamides is 1. The summed E-state index contributed by atoms with van der Waals surface area (Å²) in [6.07, 6.45) is -0.749. The Hall–Kier alpha value is -2.87. The minimum Gasteiger partial charge on any atom is -0.481 e. The second-order valence-corrected chi connectivity index (χ2v) is 9.46. The van der Waals surface area contributed by atoms with Crippen molar-refractivity contribution in [1.82, 2.24) is 4.31 Å². The minimum absolute atomic E-state index is 0.148. The molecule has 0 saturated carbocycles. The Morgan fingerprint density at radius 3 is 2.23 bits per heavy atom. The van der Waals surface area contributed by atoms with Crippen LogP contribution in [0.3, 0.4) is 0 Å². The molecule has 8 heteroatoms. The fourth-order valence-corrected chi connectivity index (χ4v) is 4.12. The predicted molar refractivity (Wildman–Crippen MR) is 122 cm³/mol. The fraction of sp³-hybridized carbons (Fsp3) is 0.174. The van der Waals surface area contributed by atoms with E-state index in [4.69, 9.17) is 16.3 Å². The number of amides is 1. The summed E-state index contributed by atoms with van der Waals surface area (Å²) in [5.74, 6) is 0.168. The maximum absolute atomic E-state index is 12.8. The molecule has 0 heterocycles. The van der Waals surface area contributed by atoms with Gasteiger partial charge < -0.3 is 10.1 Å². The number of halogens is 1. The average Bonchev–Trinajstić information content (AvgIpc) is 2.76. The van der Waals surface area contributed by atoms with Gasteiger partial charge in [0.2, 0.25) is 10.0 Å². The minimum atomic E-state index is -3.66. The summed E-state index contributed by atoms with van der Waals surface area (Å²) in [4.78, 5) is 12.5. The summed E-state index contributed by atoms with van der Waals surface area (Å²) in [5, 5.41) is 3.30. The first-order chi connectivity index (χ1) is 14.8. The molecule has 0 aliphatic heterocycles. The van der Waals surface area contributed by atoms with Crippen LogP contribution in [-0.4, -0.2) is 31.8 Å². The maximum atomic E-state index is 12.8. The normalized spacial score (nSPS) is 12.4. The Balaban J connectivity index is 1.62. The zero-order chi connectivity index (χ0) is 22.4. The van der Waals surface area contributed by atoms with E-state index in [-0.39, 0.29) is 17.3 Å². The van der Waals surface area contributed by atoms with Crippen LogP contribution in [0.25, 0.3) is 0 Å². The van der Waals surface area contributed by atoms with Crippen LogP contribution in [0.1, 0.15) is 12.5 Å². The molecule has 0 aromatic heterocycles. The van der Waals surface area contributed by atoms with Gasteiger partial charge in [-0.1, -0.05) is 41.9 Å². The smallest absolute Gasteiger partial charge is 0.265 e. The molecule has 1 amide bonds. The maximum Gasteiger partial charge on any atom is 0.265 e. The number of carbonyl (C=O) groups excluding carboxylic acids is 1.